The lowest BCUT2D eigenvalue weighted by Gasteiger charge is -2.19. The second kappa shape index (κ2) is 5.66. The minimum atomic E-state index is -0.907. The van der Waals surface area contributed by atoms with E-state index in [1.807, 2.05) is 12.1 Å². The highest BCUT2D eigenvalue weighted by atomic mass is 79.9. The molecule has 3 rings (SSSR count). The number of aryl methyl sites for hydroxylation is 2. The lowest BCUT2D eigenvalue weighted by molar-refractivity contribution is 0.215. The maximum absolute atomic E-state index is 13.9. The summed E-state index contributed by atoms with van der Waals surface area (Å²) < 4.78 is 14.6. The molecule has 1 nitrogen and oxygen atoms in total. The van der Waals surface area contributed by atoms with E-state index in [0.29, 0.717) is 10.0 Å². The molecular formula is C17H16BrFO. The van der Waals surface area contributed by atoms with Crippen LogP contribution in [0.15, 0.2) is 40.9 Å². The Morgan fingerprint density at radius 2 is 1.75 bits per heavy atom. The van der Waals surface area contributed by atoms with E-state index in [1.165, 1.54) is 30.0 Å². The molecule has 1 N–H and O–H groups in total. The molecule has 0 saturated carbocycles. The lowest BCUT2D eigenvalue weighted by Crippen LogP contribution is -2.07. The van der Waals surface area contributed by atoms with Gasteiger partial charge in [-0.25, -0.2) is 4.39 Å². The fraction of sp³-hybridized carbons (Fsp3) is 0.294. The zero-order valence-corrected chi connectivity index (χ0v) is 12.7. The third-order valence-corrected chi connectivity index (χ3v) is 4.44. The molecule has 0 spiro atoms. The maximum atomic E-state index is 13.9. The van der Waals surface area contributed by atoms with Crippen molar-refractivity contribution in [1.82, 2.24) is 0 Å². The Labute approximate surface area is 126 Å². The van der Waals surface area contributed by atoms with Crippen molar-refractivity contribution in [3.05, 3.63) is 68.9 Å². The van der Waals surface area contributed by atoms with Gasteiger partial charge in [-0.3, -0.25) is 0 Å². The molecule has 1 aliphatic rings. The molecule has 1 atom stereocenters. The van der Waals surface area contributed by atoms with Gasteiger partial charge in [-0.1, -0.05) is 40.2 Å². The Balaban J connectivity index is 1.95. The monoisotopic (exact) mass is 334 g/mol. The van der Waals surface area contributed by atoms with Crippen LogP contribution in [0, 0.1) is 5.82 Å². The first-order valence-corrected chi connectivity index (χ1v) is 7.69. The summed E-state index contributed by atoms with van der Waals surface area (Å²) >= 11 is 3.23. The highest BCUT2D eigenvalue weighted by Crippen LogP contribution is 2.30. The van der Waals surface area contributed by atoms with Gasteiger partial charge in [0.1, 0.15) is 11.9 Å². The quantitative estimate of drug-likeness (QED) is 0.854. The van der Waals surface area contributed by atoms with E-state index in [1.54, 1.807) is 12.1 Å². The zero-order chi connectivity index (χ0) is 14.1. The van der Waals surface area contributed by atoms with Gasteiger partial charge < -0.3 is 5.11 Å². The molecule has 20 heavy (non-hydrogen) atoms. The standard InChI is InChI=1S/C17H16BrFO/c18-14-7-8-15(16(19)10-14)17(20)13-6-5-11-3-1-2-4-12(11)9-13/h5-10,17,20H,1-4H2. The predicted molar refractivity (Wildman–Crippen MR) is 81.2 cm³/mol. The molecule has 1 aliphatic carbocycles. The fourth-order valence-electron chi connectivity index (χ4n) is 2.83. The van der Waals surface area contributed by atoms with Crippen molar-refractivity contribution in [2.45, 2.75) is 31.8 Å². The van der Waals surface area contributed by atoms with E-state index in [2.05, 4.69) is 22.0 Å². The predicted octanol–water partition coefficient (Wildman–Crippen LogP) is 4.55. The van der Waals surface area contributed by atoms with Crippen LogP contribution in [0.1, 0.15) is 41.2 Å². The average molecular weight is 335 g/mol. The van der Waals surface area contributed by atoms with Crippen molar-refractivity contribution >= 4 is 15.9 Å². The van der Waals surface area contributed by atoms with Crippen LogP contribution in [0.2, 0.25) is 0 Å². The molecule has 0 saturated heterocycles. The Hall–Kier alpha value is -1.19. The van der Waals surface area contributed by atoms with Crippen molar-refractivity contribution in [3.63, 3.8) is 0 Å². The molecular weight excluding hydrogens is 319 g/mol. The highest BCUT2D eigenvalue weighted by molar-refractivity contribution is 9.10. The van der Waals surface area contributed by atoms with Gasteiger partial charge in [0.25, 0.3) is 0 Å². The van der Waals surface area contributed by atoms with Crippen LogP contribution >= 0.6 is 15.9 Å². The second-order valence-electron chi connectivity index (χ2n) is 5.30. The minimum Gasteiger partial charge on any atom is -0.384 e. The van der Waals surface area contributed by atoms with E-state index >= 15 is 0 Å². The van der Waals surface area contributed by atoms with E-state index in [4.69, 9.17) is 0 Å². The fourth-order valence-corrected chi connectivity index (χ4v) is 3.16. The van der Waals surface area contributed by atoms with Crippen molar-refractivity contribution in [2.24, 2.45) is 0 Å². The van der Waals surface area contributed by atoms with Crippen LogP contribution < -0.4 is 0 Å². The number of hydrogen-bond acceptors (Lipinski definition) is 1. The van der Waals surface area contributed by atoms with Crippen molar-refractivity contribution in [3.8, 4) is 0 Å². The first-order valence-electron chi connectivity index (χ1n) is 6.90. The van der Waals surface area contributed by atoms with E-state index in [-0.39, 0.29) is 5.82 Å². The topological polar surface area (TPSA) is 20.2 Å². The third kappa shape index (κ3) is 2.65. The molecule has 0 aromatic heterocycles. The van der Waals surface area contributed by atoms with Crippen LogP contribution in [0.3, 0.4) is 0 Å². The molecule has 0 bridgehead atoms. The summed E-state index contributed by atoms with van der Waals surface area (Å²) in [6.07, 6.45) is 3.68. The van der Waals surface area contributed by atoms with Crippen molar-refractivity contribution in [2.75, 3.05) is 0 Å². The molecule has 0 radical (unpaired) electrons. The smallest absolute Gasteiger partial charge is 0.130 e. The number of aliphatic hydroxyl groups excluding tert-OH is 1. The number of aliphatic hydroxyl groups is 1. The summed E-state index contributed by atoms with van der Waals surface area (Å²) in [4.78, 5) is 0. The summed E-state index contributed by atoms with van der Waals surface area (Å²) in [5.41, 5.74) is 3.75. The van der Waals surface area contributed by atoms with Gasteiger partial charge in [-0.2, -0.15) is 0 Å². The van der Waals surface area contributed by atoms with E-state index in [9.17, 15) is 9.50 Å². The van der Waals surface area contributed by atoms with Crippen molar-refractivity contribution in [1.29, 1.82) is 0 Å². The Bertz CT molecular complexity index is 639. The molecule has 104 valence electrons. The van der Waals surface area contributed by atoms with E-state index in [0.717, 1.165) is 18.4 Å². The van der Waals surface area contributed by atoms with Crippen LogP contribution in [0.5, 0.6) is 0 Å². The van der Waals surface area contributed by atoms with E-state index < -0.39 is 6.10 Å². The van der Waals surface area contributed by atoms with Crippen LogP contribution in [-0.4, -0.2) is 5.11 Å². The lowest BCUT2D eigenvalue weighted by atomic mass is 9.88. The zero-order valence-electron chi connectivity index (χ0n) is 11.1. The van der Waals surface area contributed by atoms with Gasteiger partial charge in [0, 0.05) is 10.0 Å². The number of hydrogen-bond donors (Lipinski definition) is 1. The largest absolute Gasteiger partial charge is 0.384 e. The van der Waals surface area contributed by atoms with Gasteiger partial charge in [-0.15, -0.1) is 0 Å². The average Bonchev–Trinajstić information content (AvgIpc) is 2.46. The van der Waals surface area contributed by atoms with Crippen LogP contribution in [0.4, 0.5) is 4.39 Å². The summed E-state index contributed by atoms with van der Waals surface area (Å²) in [5.74, 6) is -0.385. The van der Waals surface area contributed by atoms with Crippen LogP contribution in [0.25, 0.3) is 0 Å². The van der Waals surface area contributed by atoms with Gasteiger partial charge in [0.05, 0.1) is 0 Å². The first-order chi connectivity index (χ1) is 9.65. The SMILES string of the molecule is OC(c1ccc2c(c1)CCCC2)c1ccc(Br)cc1F. The molecule has 1 unspecified atom stereocenters. The number of halogens is 2. The highest BCUT2D eigenvalue weighted by Gasteiger charge is 2.17. The molecule has 0 heterocycles. The summed E-state index contributed by atoms with van der Waals surface area (Å²) in [6.45, 7) is 0. The Morgan fingerprint density at radius 3 is 2.50 bits per heavy atom. The van der Waals surface area contributed by atoms with Gasteiger partial charge in [0.15, 0.2) is 0 Å². The first kappa shape index (κ1) is 13.8. The second-order valence-corrected chi connectivity index (χ2v) is 6.22. The molecule has 0 fully saturated rings. The Kier molecular flexibility index (Phi) is 3.90. The normalized spacial score (nSPS) is 15.8. The van der Waals surface area contributed by atoms with Gasteiger partial charge in [-0.05, 0) is 54.5 Å². The van der Waals surface area contributed by atoms with Crippen LogP contribution in [-0.2, 0) is 12.8 Å². The molecule has 3 heteroatoms. The molecule has 2 aromatic rings. The summed E-state index contributed by atoms with van der Waals surface area (Å²) in [6, 6.07) is 10.8. The maximum Gasteiger partial charge on any atom is 0.130 e. The minimum absolute atomic E-state index is 0.323. The molecule has 2 aromatic carbocycles. The third-order valence-electron chi connectivity index (χ3n) is 3.95. The number of rotatable bonds is 2. The van der Waals surface area contributed by atoms with Crippen molar-refractivity contribution < 1.29 is 9.50 Å². The Morgan fingerprint density at radius 1 is 1.00 bits per heavy atom. The number of benzene rings is 2. The number of fused-ring (bicyclic) bond motifs is 1. The molecule has 0 amide bonds. The molecule has 0 aliphatic heterocycles. The summed E-state index contributed by atoms with van der Waals surface area (Å²) in [5, 5.41) is 10.4. The van der Waals surface area contributed by atoms with Gasteiger partial charge in [0.2, 0.25) is 0 Å². The van der Waals surface area contributed by atoms with Gasteiger partial charge >= 0.3 is 0 Å². The summed E-state index contributed by atoms with van der Waals surface area (Å²) in [7, 11) is 0.